The third-order valence-corrected chi connectivity index (χ3v) is 6.99. The number of carbonyl (C=O) groups is 1. The summed E-state index contributed by atoms with van der Waals surface area (Å²) in [5, 5.41) is 3.07. The van der Waals surface area contributed by atoms with Gasteiger partial charge in [-0.05, 0) is 85.2 Å². The number of aromatic nitrogens is 2. The van der Waals surface area contributed by atoms with Gasteiger partial charge >= 0.3 is 0 Å². The maximum absolute atomic E-state index is 13.2. The van der Waals surface area contributed by atoms with E-state index in [1.54, 1.807) is 12.1 Å². The lowest BCUT2D eigenvalue weighted by molar-refractivity contribution is 0.0944. The summed E-state index contributed by atoms with van der Waals surface area (Å²) in [5.74, 6) is 0.199. The van der Waals surface area contributed by atoms with Crippen LogP contribution in [-0.2, 0) is 13.0 Å². The van der Waals surface area contributed by atoms with Gasteiger partial charge in [-0.1, -0.05) is 31.2 Å². The Bertz CT molecular complexity index is 1320. The van der Waals surface area contributed by atoms with Gasteiger partial charge in [0.05, 0.1) is 5.69 Å². The van der Waals surface area contributed by atoms with E-state index in [1.165, 1.54) is 11.3 Å². The monoisotopic (exact) mass is 470 g/mol. The van der Waals surface area contributed by atoms with E-state index >= 15 is 0 Å². The van der Waals surface area contributed by atoms with Crippen molar-refractivity contribution >= 4 is 17.2 Å². The third-order valence-electron chi connectivity index (χ3n) is 6.99. The summed E-state index contributed by atoms with van der Waals surface area (Å²) in [6, 6.07) is 19.4. The number of anilines is 1. The summed E-state index contributed by atoms with van der Waals surface area (Å²) in [7, 11) is 0. The van der Waals surface area contributed by atoms with Crippen LogP contribution in [-0.4, -0.2) is 28.4 Å². The third kappa shape index (κ3) is 4.92. The second-order valence-electron chi connectivity index (χ2n) is 9.35. The number of carbonyl (C=O) groups excluding carboxylic acids is 1. The van der Waals surface area contributed by atoms with Crippen molar-refractivity contribution in [3.8, 4) is 0 Å². The Balaban J connectivity index is 1.19. The number of pyridine rings is 1. The first-order valence-corrected chi connectivity index (χ1v) is 12.4. The number of halogens is 1. The molecule has 0 aliphatic carbocycles. The maximum Gasteiger partial charge on any atom is 0.270 e. The number of hydrogen-bond acceptors (Lipinski definition) is 3. The molecule has 1 aliphatic heterocycles. The largest absolute Gasteiger partial charge is 0.371 e. The number of piperidine rings is 1. The van der Waals surface area contributed by atoms with Crippen LogP contribution in [0.2, 0.25) is 0 Å². The molecular weight excluding hydrogens is 439 g/mol. The summed E-state index contributed by atoms with van der Waals surface area (Å²) < 4.78 is 15.1. The van der Waals surface area contributed by atoms with Crippen LogP contribution < -0.4 is 10.2 Å². The van der Waals surface area contributed by atoms with Crippen molar-refractivity contribution in [1.82, 2.24) is 14.7 Å². The minimum atomic E-state index is -0.179. The van der Waals surface area contributed by atoms with Crippen LogP contribution in [0.25, 0.3) is 5.65 Å². The zero-order valence-electron chi connectivity index (χ0n) is 20.3. The maximum atomic E-state index is 13.2. The number of rotatable bonds is 6. The minimum absolute atomic E-state index is 0.106. The molecule has 5 rings (SSSR count). The summed E-state index contributed by atoms with van der Waals surface area (Å²) >= 11 is 0. The van der Waals surface area contributed by atoms with Crippen molar-refractivity contribution in [3.05, 3.63) is 101 Å². The Labute approximate surface area is 205 Å². The summed E-state index contributed by atoms with van der Waals surface area (Å²) in [6.45, 7) is 6.47. The van der Waals surface area contributed by atoms with E-state index in [0.29, 0.717) is 24.6 Å². The van der Waals surface area contributed by atoms with Gasteiger partial charge in [0.1, 0.15) is 17.2 Å². The second kappa shape index (κ2) is 9.90. The molecule has 5 nitrogen and oxygen atoms in total. The number of benzene rings is 2. The number of aryl methyl sites for hydroxylation is 2. The van der Waals surface area contributed by atoms with E-state index in [-0.39, 0.29) is 11.7 Å². The number of hydrogen-bond donors (Lipinski definition) is 1. The van der Waals surface area contributed by atoms with Crippen molar-refractivity contribution < 1.29 is 9.18 Å². The Morgan fingerprint density at radius 1 is 1.06 bits per heavy atom. The Hall–Kier alpha value is -3.67. The first kappa shape index (κ1) is 23.1. The molecule has 1 saturated heterocycles. The standard InChI is InChI=1S/C29H31FN4O/c1-3-26-28(34-17-12-20(2)18-27(34)32-26)29(35)31-19-21-4-10-25(11-5-21)33-15-13-23(14-16-33)22-6-8-24(30)9-7-22/h4-12,17-18,23H,3,13-16,19H2,1-2H3,(H,31,35). The fourth-order valence-corrected chi connectivity index (χ4v) is 4.98. The highest BCUT2D eigenvalue weighted by atomic mass is 19.1. The number of imidazole rings is 1. The summed E-state index contributed by atoms with van der Waals surface area (Å²) in [5.41, 5.74) is 6.84. The average molecular weight is 471 g/mol. The predicted octanol–water partition coefficient (Wildman–Crippen LogP) is 5.66. The van der Waals surface area contributed by atoms with E-state index in [1.807, 2.05) is 48.7 Å². The number of amides is 1. The minimum Gasteiger partial charge on any atom is -0.371 e. The summed E-state index contributed by atoms with van der Waals surface area (Å²) in [4.78, 5) is 20.1. The van der Waals surface area contributed by atoms with E-state index in [0.717, 1.165) is 48.4 Å². The molecule has 3 heterocycles. The van der Waals surface area contributed by atoms with E-state index < -0.39 is 0 Å². The lowest BCUT2D eigenvalue weighted by Crippen LogP contribution is -2.32. The average Bonchev–Trinajstić information content (AvgIpc) is 3.26. The predicted molar refractivity (Wildman–Crippen MR) is 138 cm³/mol. The van der Waals surface area contributed by atoms with Gasteiger partial charge in [-0.25, -0.2) is 9.37 Å². The highest BCUT2D eigenvalue weighted by Gasteiger charge is 2.21. The van der Waals surface area contributed by atoms with Crippen molar-refractivity contribution in [2.75, 3.05) is 18.0 Å². The zero-order chi connectivity index (χ0) is 24.4. The Kier molecular flexibility index (Phi) is 6.53. The molecule has 180 valence electrons. The van der Waals surface area contributed by atoms with Crippen molar-refractivity contribution in [1.29, 1.82) is 0 Å². The first-order chi connectivity index (χ1) is 17.0. The number of nitrogens with one attached hydrogen (secondary N) is 1. The molecule has 0 bridgehead atoms. The molecule has 6 heteroatoms. The number of nitrogens with zero attached hydrogens (tertiary/aromatic N) is 3. The highest BCUT2D eigenvalue weighted by molar-refractivity contribution is 5.94. The van der Waals surface area contributed by atoms with Crippen LogP contribution in [0.5, 0.6) is 0 Å². The molecule has 0 saturated carbocycles. The molecule has 4 aromatic rings. The zero-order valence-corrected chi connectivity index (χ0v) is 20.3. The molecular formula is C29H31FN4O. The molecule has 1 amide bonds. The first-order valence-electron chi connectivity index (χ1n) is 12.4. The molecule has 0 spiro atoms. The molecule has 0 atom stereocenters. The van der Waals surface area contributed by atoms with E-state index in [9.17, 15) is 9.18 Å². The molecule has 1 aliphatic rings. The van der Waals surface area contributed by atoms with Gasteiger partial charge in [0.2, 0.25) is 0 Å². The van der Waals surface area contributed by atoms with Gasteiger partial charge in [-0.2, -0.15) is 0 Å². The van der Waals surface area contributed by atoms with Gasteiger partial charge in [-0.3, -0.25) is 9.20 Å². The van der Waals surface area contributed by atoms with Gasteiger partial charge in [0.25, 0.3) is 5.91 Å². The fourth-order valence-electron chi connectivity index (χ4n) is 4.98. The van der Waals surface area contributed by atoms with Gasteiger partial charge in [0, 0.05) is 31.5 Å². The van der Waals surface area contributed by atoms with Gasteiger partial charge in [-0.15, -0.1) is 0 Å². The molecule has 35 heavy (non-hydrogen) atoms. The topological polar surface area (TPSA) is 49.6 Å². The van der Waals surface area contributed by atoms with E-state index in [2.05, 4.69) is 39.5 Å². The Morgan fingerprint density at radius 3 is 2.46 bits per heavy atom. The smallest absolute Gasteiger partial charge is 0.270 e. The lowest BCUT2D eigenvalue weighted by Gasteiger charge is -2.34. The normalized spacial score (nSPS) is 14.4. The fraction of sp³-hybridized carbons (Fsp3) is 0.310. The molecule has 2 aromatic carbocycles. The van der Waals surface area contributed by atoms with Crippen LogP contribution >= 0.6 is 0 Å². The van der Waals surface area contributed by atoms with Crippen molar-refractivity contribution in [2.24, 2.45) is 0 Å². The highest BCUT2D eigenvalue weighted by Crippen LogP contribution is 2.30. The molecule has 2 aromatic heterocycles. The molecule has 1 N–H and O–H groups in total. The van der Waals surface area contributed by atoms with Crippen molar-refractivity contribution in [3.63, 3.8) is 0 Å². The molecule has 0 radical (unpaired) electrons. The number of fused-ring (bicyclic) bond motifs is 1. The van der Waals surface area contributed by atoms with E-state index in [4.69, 9.17) is 0 Å². The van der Waals surface area contributed by atoms with Gasteiger partial charge < -0.3 is 10.2 Å². The van der Waals surface area contributed by atoms with Crippen LogP contribution in [0.15, 0.2) is 66.9 Å². The van der Waals surface area contributed by atoms with Crippen molar-refractivity contribution in [2.45, 2.75) is 45.6 Å². The lowest BCUT2D eigenvalue weighted by atomic mass is 9.89. The van der Waals surface area contributed by atoms with Gasteiger partial charge in [0.15, 0.2) is 0 Å². The van der Waals surface area contributed by atoms with Crippen LogP contribution in [0.3, 0.4) is 0 Å². The quantitative estimate of drug-likeness (QED) is 0.396. The molecule has 0 unspecified atom stereocenters. The second-order valence-corrected chi connectivity index (χ2v) is 9.35. The summed E-state index contributed by atoms with van der Waals surface area (Å²) in [6.07, 6.45) is 4.74. The van der Waals surface area contributed by atoms with Crippen LogP contribution in [0.1, 0.15) is 58.6 Å². The Morgan fingerprint density at radius 2 is 1.77 bits per heavy atom. The van der Waals surface area contributed by atoms with Crippen LogP contribution in [0, 0.1) is 12.7 Å². The molecule has 1 fully saturated rings. The van der Waals surface area contributed by atoms with Crippen LogP contribution in [0.4, 0.5) is 10.1 Å². The SMILES string of the molecule is CCc1nc2cc(C)ccn2c1C(=O)NCc1ccc(N2CCC(c3ccc(F)cc3)CC2)cc1.